The highest BCUT2D eigenvalue weighted by atomic mass is 16.4. The van der Waals surface area contributed by atoms with Crippen molar-refractivity contribution < 1.29 is 19.8 Å². The minimum Gasteiger partial charge on any atom is -0.508 e. The molecule has 0 aliphatic carbocycles. The van der Waals surface area contributed by atoms with Crippen molar-refractivity contribution in [1.82, 2.24) is 5.32 Å². The van der Waals surface area contributed by atoms with E-state index in [1.165, 1.54) is 24.3 Å². The molecule has 15 heavy (non-hydrogen) atoms. The summed E-state index contributed by atoms with van der Waals surface area (Å²) in [5.41, 5.74) is 0.358. The minimum absolute atomic E-state index is 0. The molecule has 0 saturated heterocycles. The largest absolute Gasteiger partial charge is 0.508 e. The molecule has 0 saturated carbocycles. The number of carbonyl (C=O) groups excluding carboxylic acids is 1. The minimum atomic E-state index is -1.24. The zero-order valence-electron chi connectivity index (χ0n) is 7.23. The molecule has 1 amide bonds. The second kappa shape index (κ2) is 5.64. The Hall–Kier alpha value is -2.04. The molecule has 3 N–H and O–H groups in total. The van der Waals surface area contributed by atoms with Gasteiger partial charge in [0.1, 0.15) is 5.75 Å². The predicted octanol–water partition coefficient (Wildman–Crippen LogP) is 1.48. The first kappa shape index (κ1) is 13.0. The van der Waals surface area contributed by atoms with Gasteiger partial charge in [0, 0.05) is 5.56 Å². The van der Waals surface area contributed by atoms with Gasteiger partial charge in [-0.15, -0.1) is 0 Å². The van der Waals surface area contributed by atoms with Gasteiger partial charge in [-0.2, -0.15) is 0 Å². The molecule has 0 bridgehead atoms. The van der Waals surface area contributed by atoms with Crippen molar-refractivity contribution in [3.8, 4) is 5.75 Å². The van der Waals surface area contributed by atoms with Gasteiger partial charge in [0.2, 0.25) is 0 Å². The molecule has 0 aliphatic heterocycles. The van der Waals surface area contributed by atoms with Crippen LogP contribution in [0.3, 0.4) is 0 Å². The highest BCUT2D eigenvalue weighted by Crippen LogP contribution is 2.09. The average molecular weight is 211 g/mol. The quantitative estimate of drug-likeness (QED) is 0.661. The van der Waals surface area contributed by atoms with Gasteiger partial charge in [-0.05, 0) is 24.3 Å². The standard InChI is InChI=1S/C9H9NO4.CH4/c11-7-3-1-6(2-4-7)8(12)5-10-9(13)14;/h1-4,10-11H,5H2,(H,13,14);1H4. The third kappa shape index (κ3) is 4.12. The van der Waals surface area contributed by atoms with Crippen molar-refractivity contribution in [2.75, 3.05) is 6.54 Å². The van der Waals surface area contributed by atoms with Crippen molar-refractivity contribution in [1.29, 1.82) is 0 Å². The first-order valence-corrected chi connectivity index (χ1v) is 3.88. The fourth-order valence-corrected chi connectivity index (χ4v) is 0.905. The Bertz CT molecular complexity index is 345. The number of ketones is 1. The van der Waals surface area contributed by atoms with Gasteiger partial charge in [0.15, 0.2) is 5.78 Å². The Balaban J connectivity index is 0.00000196. The lowest BCUT2D eigenvalue weighted by Crippen LogP contribution is -2.27. The monoisotopic (exact) mass is 211 g/mol. The smallest absolute Gasteiger partial charge is 0.405 e. The van der Waals surface area contributed by atoms with E-state index in [-0.39, 0.29) is 25.5 Å². The molecule has 0 unspecified atom stereocenters. The van der Waals surface area contributed by atoms with Crippen LogP contribution in [0.2, 0.25) is 0 Å². The molecule has 1 aromatic rings. The van der Waals surface area contributed by atoms with E-state index in [9.17, 15) is 9.59 Å². The Morgan fingerprint density at radius 1 is 1.20 bits per heavy atom. The van der Waals surface area contributed by atoms with Crippen LogP contribution in [-0.2, 0) is 0 Å². The number of carboxylic acid groups (broad SMARTS) is 1. The molecular formula is C10H13NO4. The number of aromatic hydroxyl groups is 1. The second-order valence-corrected chi connectivity index (χ2v) is 2.63. The zero-order chi connectivity index (χ0) is 10.6. The number of hydrogen-bond acceptors (Lipinski definition) is 3. The Morgan fingerprint density at radius 2 is 1.73 bits per heavy atom. The van der Waals surface area contributed by atoms with E-state index >= 15 is 0 Å². The van der Waals surface area contributed by atoms with Crippen molar-refractivity contribution in [3.63, 3.8) is 0 Å². The number of phenolic OH excluding ortho intramolecular Hbond substituents is 1. The summed E-state index contributed by atoms with van der Waals surface area (Å²) in [6.07, 6.45) is -1.24. The van der Waals surface area contributed by atoms with Crippen LogP contribution in [0.25, 0.3) is 0 Å². The molecule has 1 aromatic carbocycles. The van der Waals surface area contributed by atoms with Gasteiger partial charge in [-0.3, -0.25) is 4.79 Å². The summed E-state index contributed by atoms with van der Waals surface area (Å²) in [6.45, 7) is -0.264. The van der Waals surface area contributed by atoms with Gasteiger partial charge in [0.05, 0.1) is 6.54 Å². The molecule has 0 fully saturated rings. The first-order valence-electron chi connectivity index (χ1n) is 3.88. The van der Waals surface area contributed by atoms with Crippen LogP contribution in [0.5, 0.6) is 5.75 Å². The number of hydrogen-bond donors (Lipinski definition) is 3. The number of benzene rings is 1. The summed E-state index contributed by atoms with van der Waals surface area (Å²) < 4.78 is 0. The summed E-state index contributed by atoms with van der Waals surface area (Å²) in [6, 6.07) is 5.60. The summed E-state index contributed by atoms with van der Waals surface area (Å²) in [5.74, 6) is -0.278. The average Bonchev–Trinajstić information content (AvgIpc) is 2.15. The van der Waals surface area contributed by atoms with Gasteiger partial charge in [-0.1, -0.05) is 7.43 Å². The summed E-state index contributed by atoms with van der Waals surface area (Å²) in [7, 11) is 0. The Labute approximate surface area is 87.4 Å². The molecule has 0 heterocycles. The second-order valence-electron chi connectivity index (χ2n) is 2.63. The normalized spacial score (nSPS) is 8.80. The summed E-state index contributed by atoms with van der Waals surface area (Å²) in [5, 5.41) is 19.1. The lowest BCUT2D eigenvalue weighted by molar-refractivity contribution is 0.0987. The fraction of sp³-hybridized carbons (Fsp3) is 0.200. The summed E-state index contributed by atoms with van der Waals surface area (Å²) in [4.78, 5) is 21.3. The number of Topliss-reactive ketones (excluding diaryl/α,β-unsaturated/α-hetero) is 1. The van der Waals surface area contributed by atoms with Crippen molar-refractivity contribution in [2.45, 2.75) is 7.43 Å². The van der Waals surface area contributed by atoms with E-state index in [4.69, 9.17) is 10.2 Å². The Kier molecular flexibility index (Phi) is 4.87. The SMILES string of the molecule is C.O=C(O)NCC(=O)c1ccc(O)cc1. The van der Waals surface area contributed by atoms with Crippen LogP contribution >= 0.6 is 0 Å². The van der Waals surface area contributed by atoms with E-state index < -0.39 is 6.09 Å². The van der Waals surface area contributed by atoms with Crippen LogP contribution in [-0.4, -0.2) is 28.6 Å². The number of rotatable bonds is 3. The maximum Gasteiger partial charge on any atom is 0.405 e. The van der Waals surface area contributed by atoms with Crippen molar-refractivity contribution >= 4 is 11.9 Å². The molecule has 82 valence electrons. The van der Waals surface area contributed by atoms with Gasteiger partial charge in [0.25, 0.3) is 0 Å². The van der Waals surface area contributed by atoms with Gasteiger partial charge >= 0.3 is 6.09 Å². The summed E-state index contributed by atoms with van der Waals surface area (Å²) >= 11 is 0. The zero-order valence-corrected chi connectivity index (χ0v) is 7.23. The topological polar surface area (TPSA) is 86.6 Å². The fourth-order valence-electron chi connectivity index (χ4n) is 0.905. The highest BCUT2D eigenvalue weighted by Gasteiger charge is 2.06. The molecule has 0 atom stereocenters. The molecule has 1 rings (SSSR count). The highest BCUT2D eigenvalue weighted by molar-refractivity contribution is 5.98. The van der Waals surface area contributed by atoms with Crippen molar-refractivity contribution in [2.24, 2.45) is 0 Å². The van der Waals surface area contributed by atoms with Crippen LogP contribution in [0.15, 0.2) is 24.3 Å². The molecule has 5 heteroatoms. The lowest BCUT2D eigenvalue weighted by atomic mass is 10.1. The van der Waals surface area contributed by atoms with E-state index in [1.807, 2.05) is 5.32 Å². The maximum atomic E-state index is 11.3. The van der Waals surface area contributed by atoms with Crippen molar-refractivity contribution in [3.05, 3.63) is 29.8 Å². The van der Waals surface area contributed by atoms with Crippen LogP contribution in [0, 0.1) is 0 Å². The molecule has 0 radical (unpaired) electrons. The molecular weight excluding hydrogens is 198 g/mol. The predicted molar refractivity (Wildman–Crippen MR) is 55.2 cm³/mol. The number of phenols is 1. The lowest BCUT2D eigenvalue weighted by Gasteiger charge is -2.00. The van der Waals surface area contributed by atoms with Crippen LogP contribution in [0.1, 0.15) is 17.8 Å². The number of amides is 1. The van der Waals surface area contributed by atoms with Gasteiger partial charge < -0.3 is 15.5 Å². The Morgan fingerprint density at radius 3 is 2.20 bits per heavy atom. The first-order chi connectivity index (χ1) is 6.59. The number of nitrogens with one attached hydrogen (secondary N) is 1. The van der Waals surface area contributed by atoms with Crippen LogP contribution in [0.4, 0.5) is 4.79 Å². The maximum absolute atomic E-state index is 11.3. The van der Waals surface area contributed by atoms with Gasteiger partial charge in [-0.25, -0.2) is 4.79 Å². The van der Waals surface area contributed by atoms with Crippen LogP contribution < -0.4 is 5.32 Å². The van der Waals surface area contributed by atoms with E-state index in [1.54, 1.807) is 0 Å². The van der Waals surface area contributed by atoms with E-state index in [0.717, 1.165) is 0 Å². The molecule has 0 aliphatic rings. The molecule has 0 spiro atoms. The van der Waals surface area contributed by atoms with E-state index in [0.29, 0.717) is 5.56 Å². The van der Waals surface area contributed by atoms with E-state index in [2.05, 4.69) is 0 Å². The molecule has 0 aromatic heterocycles. The third-order valence-electron chi connectivity index (χ3n) is 1.59. The molecule has 5 nitrogen and oxygen atoms in total. The number of carbonyl (C=O) groups is 2. The third-order valence-corrected chi connectivity index (χ3v) is 1.59.